The van der Waals surface area contributed by atoms with E-state index in [1.54, 1.807) is 0 Å². The summed E-state index contributed by atoms with van der Waals surface area (Å²) in [5, 5.41) is 0. The van der Waals surface area contributed by atoms with Crippen LogP contribution in [0.2, 0.25) is 0 Å². The number of hydrogen-bond acceptors (Lipinski definition) is 8. The number of ether oxygens (including phenoxy) is 4. The molecule has 0 aromatic carbocycles. The summed E-state index contributed by atoms with van der Waals surface area (Å²) in [5.41, 5.74) is 0.725. The SMILES string of the molecule is COC(=O)c1cnc(C2CCOCC2)[nH]1.COC(=O)c1nc(C2CCOCC2)[nH]c1Br. The first kappa shape index (κ1) is 23.4. The number of H-pyrrole nitrogens is 2. The highest BCUT2D eigenvalue weighted by molar-refractivity contribution is 9.10. The van der Waals surface area contributed by atoms with Gasteiger partial charge in [-0.25, -0.2) is 19.6 Å². The molecule has 0 bridgehead atoms. The fourth-order valence-electron chi connectivity index (χ4n) is 3.49. The number of carbonyl (C=O) groups is 2. The van der Waals surface area contributed by atoms with Crippen molar-refractivity contribution in [3.8, 4) is 0 Å². The minimum atomic E-state index is -0.429. The van der Waals surface area contributed by atoms with Crippen LogP contribution in [0.3, 0.4) is 0 Å². The fourth-order valence-corrected chi connectivity index (χ4v) is 3.95. The van der Waals surface area contributed by atoms with Crippen molar-refractivity contribution >= 4 is 27.9 Å². The van der Waals surface area contributed by atoms with Crippen molar-refractivity contribution in [2.75, 3.05) is 40.6 Å². The Hall–Kier alpha value is -2.24. The van der Waals surface area contributed by atoms with Gasteiger partial charge in [0.05, 0.1) is 20.4 Å². The van der Waals surface area contributed by atoms with Gasteiger partial charge in [-0.15, -0.1) is 0 Å². The van der Waals surface area contributed by atoms with Crippen LogP contribution in [-0.2, 0) is 18.9 Å². The highest BCUT2D eigenvalue weighted by Crippen LogP contribution is 2.27. The lowest BCUT2D eigenvalue weighted by atomic mass is 10.00. The molecule has 0 spiro atoms. The Morgan fingerprint density at radius 1 is 0.935 bits per heavy atom. The fraction of sp³-hybridized carbons (Fsp3) is 0.600. The Kier molecular flexibility index (Phi) is 8.61. The summed E-state index contributed by atoms with van der Waals surface area (Å²) in [5.74, 6) is 1.59. The molecule has 0 amide bonds. The normalized spacial score (nSPS) is 17.5. The van der Waals surface area contributed by atoms with Crippen LogP contribution in [0.1, 0.15) is 70.1 Å². The van der Waals surface area contributed by atoms with Crippen LogP contribution in [0.4, 0.5) is 0 Å². The lowest BCUT2D eigenvalue weighted by Crippen LogP contribution is -2.15. The van der Waals surface area contributed by atoms with Crippen LogP contribution in [-0.4, -0.2) is 72.5 Å². The Balaban J connectivity index is 0.000000176. The van der Waals surface area contributed by atoms with Gasteiger partial charge in [0, 0.05) is 38.3 Å². The van der Waals surface area contributed by atoms with Crippen LogP contribution < -0.4 is 0 Å². The molecule has 0 radical (unpaired) electrons. The summed E-state index contributed by atoms with van der Waals surface area (Å²) in [7, 11) is 2.70. The van der Waals surface area contributed by atoms with Gasteiger partial charge in [0.25, 0.3) is 0 Å². The molecule has 2 aliphatic rings. The van der Waals surface area contributed by atoms with Crippen molar-refractivity contribution < 1.29 is 28.5 Å². The number of halogens is 1. The van der Waals surface area contributed by atoms with Crippen molar-refractivity contribution in [3.05, 3.63) is 33.8 Å². The molecule has 4 rings (SSSR count). The molecule has 2 N–H and O–H groups in total. The van der Waals surface area contributed by atoms with E-state index in [0.29, 0.717) is 27.8 Å². The number of imidazole rings is 2. The van der Waals surface area contributed by atoms with E-state index in [4.69, 9.17) is 9.47 Å². The second kappa shape index (κ2) is 11.4. The molecule has 4 heterocycles. The molecule has 0 unspecified atom stereocenters. The number of nitrogens with one attached hydrogen (secondary N) is 2. The predicted molar refractivity (Wildman–Crippen MR) is 113 cm³/mol. The third-order valence-electron chi connectivity index (χ3n) is 5.27. The van der Waals surface area contributed by atoms with Gasteiger partial charge in [-0.2, -0.15) is 0 Å². The van der Waals surface area contributed by atoms with Crippen LogP contribution in [0.25, 0.3) is 0 Å². The minimum Gasteiger partial charge on any atom is -0.464 e. The third kappa shape index (κ3) is 6.14. The first-order valence-corrected chi connectivity index (χ1v) is 10.9. The van der Waals surface area contributed by atoms with Gasteiger partial charge in [-0.3, -0.25) is 0 Å². The van der Waals surface area contributed by atoms with E-state index in [1.165, 1.54) is 20.4 Å². The predicted octanol–water partition coefficient (Wildman–Crippen LogP) is 2.94. The van der Waals surface area contributed by atoms with Gasteiger partial charge in [-0.1, -0.05) is 0 Å². The lowest BCUT2D eigenvalue weighted by molar-refractivity contribution is 0.0584. The molecule has 31 heavy (non-hydrogen) atoms. The number of aromatic nitrogens is 4. The topological polar surface area (TPSA) is 128 Å². The summed E-state index contributed by atoms with van der Waals surface area (Å²) in [6.45, 7) is 3.02. The van der Waals surface area contributed by atoms with E-state index in [0.717, 1.165) is 63.8 Å². The summed E-state index contributed by atoms with van der Waals surface area (Å²) in [6, 6.07) is 0. The van der Waals surface area contributed by atoms with Gasteiger partial charge >= 0.3 is 11.9 Å². The molecule has 10 nitrogen and oxygen atoms in total. The van der Waals surface area contributed by atoms with Gasteiger partial charge in [0.15, 0.2) is 5.69 Å². The quantitative estimate of drug-likeness (QED) is 0.615. The van der Waals surface area contributed by atoms with Gasteiger partial charge in [-0.05, 0) is 41.6 Å². The third-order valence-corrected chi connectivity index (χ3v) is 5.85. The maximum Gasteiger partial charge on any atom is 0.359 e. The zero-order valence-electron chi connectivity index (χ0n) is 17.6. The first-order valence-electron chi connectivity index (χ1n) is 10.2. The second-order valence-corrected chi connectivity index (χ2v) is 8.02. The Morgan fingerprint density at radius 3 is 2.03 bits per heavy atom. The highest BCUT2D eigenvalue weighted by atomic mass is 79.9. The largest absolute Gasteiger partial charge is 0.464 e. The van der Waals surface area contributed by atoms with Gasteiger partial charge < -0.3 is 28.9 Å². The zero-order valence-corrected chi connectivity index (χ0v) is 19.2. The molecule has 11 heteroatoms. The van der Waals surface area contributed by atoms with E-state index < -0.39 is 5.97 Å². The van der Waals surface area contributed by atoms with Crippen LogP contribution in [0, 0.1) is 0 Å². The number of carbonyl (C=O) groups excluding carboxylic acids is 2. The molecule has 2 aromatic heterocycles. The molecular weight excluding hydrogens is 472 g/mol. The van der Waals surface area contributed by atoms with E-state index in [-0.39, 0.29) is 5.97 Å². The van der Waals surface area contributed by atoms with Crippen molar-refractivity contribution in [3.63, 3.8) is 0 Å². The Morgan fingerprint density at radius 2 is 1.48 bits per heavy atom. The number of hydrogen-bond donors (Lipinski definition) is 2. The number of rotatable bonds is 4. The van der Waals surface area contributed by atoms with E-state index in [1.807, 2.05) is 0 Å². The average molecular weight is 499 g/mol. The summed E-state index contributed by atoms with van der Waals surface area (Å²) >= 11 is 3.28. The van der Waals surface area contributed by atoms with E-state index in [2.05, 4.69) is 45.3 Å². The standard InChI is InChI=1S/C10H13BrN2O3.C10H14N2O3/c1-15-10(14)7-8(11)13-9(12-7)6-2-4-16-5-3-6;1-14-10(13)8-6-11-9(12-8)7-2-4-15-5-3-7/h6H,2-5H2,1H3,(H,12,13);6-7H,2-5H2,1H3,(H,11,12). The summed E-state index contributed by atoms with van der Waals surface area (Å²) in [4.78, 5) is 37.1. The number of esters is 2. The number of aromatic amines is 2. The van der Waals surface area contributed by atoms with E-state index in [9.17, 15) is 9.59 Å². The Labute approximate surface area is 188 Å². The number of methoxy groups -OCH3 is 2. The highest BCUT2D eigenvalue weighted by Gasteiger charge is 2.23. The molecule has 170 valence electrons. The van der Waals surface area contributed by atoms with Crippen molar-refractivity contribution in [1.82, 2.24) is 19.9 Å². The maximum atomic E-state index is 11.4. The first-order chi connectivity index (χ1) is 15.0. The average Bonchev–Trinajstić information content (AvgIpc) is 3.47. The molecule has 0 saturated carbocycles. The number of nitrogens with zero attached hydrogens (tertiary/aromatic N) is 2. The van der Waals surface area contributed by atoms with Gasteiger partial charge in [0.1, 0.15) is 21.9 Å². The zero-order chi connectivity index (χ0) is 22.2. The molecule has 2 aromatic rings. The molecule has 0 atom stereocenters. The second-order valence-electron chi connectivity index (χ2n) is 7.22. The smallest absolute Gasteiger partial charge is 0.359 e. The van der Waals surface area contributed by atoms with E-state index >= 15 is 0 Å². The monoisotopic (exact) mass is 498 g/mol. The van der Waals surface area contributed by atoms with Gasteiger partial charge in [0.2, 0.25) is 0 Å². The summed E-state index contributed by atoms with van der Waals surface area (Å²) < 4.78 is 20.4. The van der Waals surface area contributed by atoms with Crippen LogP contribution in [0.5, 0.6) is 0 Å². The maximum absolute atomic E-state index is 11.4. The molecule has 0 aliphatic carbocycles. The molecule has 2 fully saturated rings. The molecule has 2 aliphatic heterocycles. The van der Waals surface area contributed by atoms with Crippen molar-refractivity contribution in [2.45, 2.75) is 37.5 Å². The van der Waals surface area contributed by atoms with Crippen molar-refractivity contribution in [1.29, 1.82) is 0 Å². The lowest BCUT2D eigenvalue weighted by Gasteiger charge is -2.19. The molecular formula is C20H27BrN4O6. The van der Waals surface area contributed by atoms with Crippen molar-refractivity contribution in [2.24, 2.45) is 0 Å². The summed E-state index contributed by atoms with van der Waals surface area (Å²) in [6.07, 6.45) is 5.29. The van der Waals surface area contributed by atoms with Crippen LogP contribution in [0.15, 0.2) is 10.8 Å². The minimum absolute atomic E-state index is 0.309. The Bertz CT molecular complexity index is 871. The van der Waals surface area contributed by atoms with Crippen LogP contribution >= 0.6 is 15.9 Å². The molecule has 2 saturated heterocycles.